The Balaban J connectivity index is 1.57. The molecule has 1 aromatic rings. The van der Waals surface area contributed by atoms with Crippen LogP contribution in [0.5, 0.6) is 5.88 Å². The molecule has 3 heterocycles. The number of rotatable bonds is 8. The standard InChI is InChI=1S/C25H36N2O8/c1-15-19(9-7-16-4-3-5-18(32-2)8-6-16)24(26-27(15)17-10-12-33-13-11-17)35-25-23(31)22(30)21(29)20(14-28)34-25/h4-6,8,17,20-23,25,28-31H,3,7,9-14H2,1-2H3/t20-,21-,22+,23-,25+/m1/s1. The second-order valence-electron chi connectivity index (χ2n) is 9.13. The molecule has 194 valence electrons. The highest BCUT2D eigenvalue weighted by Gasteiger charge is 2.45. The summed E-state index contributed by atoms with van der Waals surface area (Å²) in [6, 6.07) is 0.167. The minimum absolute atomic E-state index is 0.167. The number of aromatic nitrogens is 2. The summed E-state index contributed by atoms with van der Waals surface area (Å²) >= 11 is 0. The lowest BCUT2D eigenvalue weighted by molar-refractivity contribution is -0.278. The van der Waals surface area contributed by atoms with Gasteiger partial charge in [-0.3, -0.25) is 4.68 Å². The number of aliphatic hydroxyl groups is 4. The van der Waals surface area contributed by atoms with Gasteiger partial charge in [0.15, 0.2) is 0 Å². The van der Waals surface area contributed by atoms with E-state index in [2.05, 4.69) is 6.08 Å². The molecule has 1 aliphatic carbocycles. The van der Waals surface area contributed by atoms with Crippen LogP contribution in [0.1, 0.15) is 43.0 Å². The molecule has 0 spiro atoms. The smallest absolute Gasteiger partial charge is 0.238 e. The molecule has 2 aliphatic heterocycles. The van der Waals surface area contributed by atoms with Crippen LogP contribution in [0.2, 0.25) is 0 Å². The van der Waals surface area contributed by atoms with Crippen molar-refractivity contribution in [2.24, 2.45) is 0 Å². The van der Waals surface area contributed by atoms with E-state index in [4.69, 9.17) is 24.0 Å². The first-order valence-electron chi connectivity index (χ1n) is 12.2. The van der Waals surface area contributed by atoms with Gasteiger partial charge in [0.25, 0.3) is 0 Å². The fraction of sp³-hybridized carbons (Fsp3) is 0.640. The lowest BCUT2D eigenvalue weighted by Gasteiger charge is -2.39. The van der Waals surface area contributed by atoms with Gasteiger partial charge in [0.05, 0.1) is 19.8 Å². The van der Waals surface area contributed by atoms with Crippen molar-refractivity contribution in [1.29, 1.82) is 0 Å². The minimum Gasteiger partial charge on any atom is -0.497 e. The molecule has 2 saturated heterocycles. The molecular formula is C25H36N2O8. The van der Waals surface area contributed by atoms with E-state index in [1.807, 2.05) is 29.8 Å². The molecule has 10 heteroatoms. The predicted octanol–water partition coefficient (Wildman–Crippen LogP) is 1.07. The first-order valence-corrected chi connectivity index (χ1v) is 12.2. The second kappa shape index (κ2) is 11.7. The minimum atomic E-state index is -1.52. The van der Waals surface area contributed by atoms with Crippen molar-refractivity contribution in [2.45, 2.75) is 75.8 Å². The van der Waals surface area contributed by atoms with Crippen LogP contribution in [-0.4, -0.2) is 87.8 Å². The maximum Gasteiger partial charge on any atom is 0.238 e. The summed E-state index contributed by atoms with van der Waals surface area (Å²) in [5.74, 6) is 1.14. The Morgan fingerprint density at radius 2 is 1.83 bits per heavy atom. The molecule has 35 heavy (non-hydrogen) atoms. The van der Waals surface area contributed by atoms with Gasteiger partial charge >= 0.3 is 0 Å². The third kappa shape index (κ3) is 5.79. The average Bonchev–Trinajstić information content (AvgIpc) is 3.03. The first kappa shape index (κ1) is 25.9. The van der Waals surface area contributed by atoms with Gasteiger partial charge in [0.2, 0.25) is 12.2 Å². The molecular weight excluding hydrogens is 456 g/mol. The number of methoxy groups -OCH3 is 1. The molecule has 0 saturated carbocycles. The highest BCUT2D eigenvalue weighted by molar-refractivity contribution is 5.35. The highest BCUT2D eigenvalue weighted by atomic mass is 16.7. The molecule has 1 aromatic heterocycles. The van der Waals surface area contributed by atoms with Crippen LogP contribution in [0.4, 0.5) is 0 Å². The van der Waals surface area contributed by atoms with Gasteiger partial charge in [0, 0.05) is 24.5 Å². The van der Waals surface area contributed by atoms with Gasteiger partial charge in [0.1, 0.15) is 30.2 Å². The quantitative estimate of drug-likeness (QED) is 0.420. The van der Waals surface area contributed by atoms with Crippen molar-refractivity contribution in [3.05, 3.63) is 46.9 Å². The summed E-state index contributed by atoms with van der Waals surface area (Å²) in [7, 11) is 1.65. The Morgan fingerprint density at radius 3 is 2.54 bits per heavy atom. The SMILES string of the molecule is COC1=CCC=C(CCc2c(O[C@@H]3O[C@H](CO)[C@@H](O)[C@H](O)[C@H]3O)nn(C3CCOCC3)c2C)C=C1. The van der Waals surface area contributed by atoms with Crippen LogP contribution in [-0.2, 0) is 20.6 Å². The Kier molecular flexibility index (Phi) is 8.64. The van der Waals surface area contributed by atoms with Crippen LogP contribution in [0.15, 0.2) is 35.6 Å². The lowest BCUT2D eigenvalue weighted by Crippen LogP contribution is -2.60. The Hall–Kier alpha value is -2.21. The molecule has 2 fully saturated rings. The highest BCUT2D eigenvalue weighted by Crippen LogP contribution is 2.33. The van der Waals surface area contributed by atoms with Crippen LogP contribution in [0.3, 0.4) is 0 Å². The van der Waals surface area contributed by atoms with Crippen LogP contribution in [0.25, 0.3) is 0 Å². The third-order valence-corrected chi connectivity index (χ3v) is 6.91. The van der Waals surface area contributed by atoms with Gasteiger partial charge in [-0.1, -0.05) is 17.7 Å². The van der Waals surface area contributed by atoms with E-state index in [1.165, 1.54) is 0 Å². The fourth-order valence-corrected chi connectivity index (χ4v) is 4.73. The first-order chi connectivity index (χ1) is 16.9. The summed E-state index contributed by atoms with van der Waals surface area (Å²) in [4.78, 5) is 0. The van der Waals surface area contributed by atoms with E-state index >= 15 is 0 Å². The van der Waals surface area contributed by atoms with Gasteiger partial charge in [-0.05, 0) is 51.2 Å². The van der Waals surface area contributed by atoms with E-state index in [1.54, 1.807) is 7.11 Å². The second-order valence-corrected chi connectivity index (χ2v) is 9.13. The topological polar surface area (TPSA) is 136 Å². The molecule has 0 radical (unpaired) electrons. The predicted molar refractivity (Wildman–Crippen MR) is 126 cm³/mol. The van der Waals surface area contributed by atoms with Gasteiger partial charge in [-0.2, -0.15) is 0 Å². The van der Waals surface area contributed by atoms with Gasteiger partial charge in [-0.25, -0.2) is 0 Å². The zero-order chi connectivity index (χ0) is 24.9. The summed E-state index contributed by atoms with van der Waals surface area (Å²) in [5.41, 5.74) is 3.00. The lowest BCUT2D eigenvalue weighted by atomic mass is 9.99. The van der Waals surface area contributed by atoms with Crippen LogP contribution < -0.4 is 4.74 Å². The van der Waals surface area contributed by atoms with Crippen LogP contribution in [0, 0.1) is 6.92 Å². The molecule has 3 aliphatic rings. The summed E-state index contributed by atoms with van der Waals surface area (Å²) < 4.78 is 24.4. The molecule has 4 rings (SSSR count). The monoisotopic (exact) mass is 492 g/mol. The summed E-state index contributed by atoms with van der Waals surface area (Å²) in [5, 5.41) is 45.0. The van der Waals surface area contributed by atoms with Gasteiger partial charge in [-0.15, -0.1) is 5.10 Å². The van der Waals surface area contributed by atoms with Crippen molar-refractivity contribution in [3.8, 4) is 5.88 Å². The van der Waals surface area contributed by atoms with Crippen molar-refractivity contribution in [2.75, 3.05) is 26.9 Å². The van der Waals surface area contributed by atoms with Gasteiger partial charge < -0.3 is 39.4 Å². The molecule has 0 aromatic carbocycles. The number of aliphatic hydroxyl groups excluding tert-OH is 4. The summed E-state index contributed by atoms with van der Waals surface area (Å²) in [6.07, 6.45) is 5.18. The largest absolute Gasteiger partial charge is 0.497 e. The molecule has 10 nitrogen and oxygen atoms in total. The molecule has 0 amide bonds. The van der Waals surface area contributed by atoms with Crippen LogP contribution >= 0.6 is 0 Å². The third-order valence-electron chi connectivity index (χ3n) is 6.91. The summed E-state index contributed by atoms with van der Waals surface area (Å²) in [6.45, 7) is 2.80. The normalized spacial score (nSPS) is 29.9. The fourth-order valence-electron chi connectivity index (χ4n) is 4.73. The average molecular weight is 493 g/mol. The van der Waals surface area contributed by atoms with E-state index in [9.17, 15) is 20.4 Å². The number of hydrogen-bond donors (Lipinski definition) is 4. The number of ether oxygens (including phenoxy) is 4. The van der Waals surface area contributed by atoms with E-state index < -0.39 is 37.3 Å². The maximum atomic E-state index is 10.5. The number of nitrogens with zero attached hydrogens (tertiary/aromatic N) is 2. The zero-order valence-corrected chi connectivity index (χ0v) is 20.2. The number of allylic oxidation sites excluding steroid dienone is 5. The molecule has 5 atom stereocenters. The maximum absolute atomic E-state index is 10.5. The Labute approximate surface area is 205 Å². The zero-order valence-electron chi connectivity index (χ0n) is 20.2. The van der Waals surface area contributed by atoms with E-state index in [-0.39, 0.29) is 6.04 Å². The van der Waals surface area contributed by atoms with Crippen molar-refractivity contribution in [3.63, 3.8) is 0 Å². The molecule has 4 N–H and O–H groups in total. The van der Waals surface area contributed by atoms with Crippen molar-refractivity contribution < 1.29 is 39.4 Å². The van der Waals surface area contributed by atoms with Crippen molar-refractivity contribution >= 4 is 0 Å². The van der Waals surface area contributed by atoms with E-state index in [0.717, 1.165) is 48.3 Å². The molecule has 0 bridgehead atoms. The Bertz CT molecular complexity index is 948. The molecule has 0 unspecified atom stereocenters. The number of hydrogen-bond acceptors (Lipinski definition) is 9. The van der Waals surface area contributed by atoms with Crippen molar-refractivity contribution in [1.82, 2.24) is 9.78 Å². The Morgan fingerprint density at radius 1 is 1.06 bits per heavy atom. The van der Waals surface area contributed by atoms with E-state index in [0.29, 0.717) is 25.5 Å².